The highest BCUT2D eigenvalue weighted by atomic mass is 32.2. The summed E-state index contributed by atoms with van der Waals surface area (Å²) >= 11 is 1.08. The van der Waals surface area contributed by atoms with Crippen LogP contribution in [-0.2, 0) is 28.7 Å². The van der Waals surface area contributed by atoms with Gasteiger partial charge in [0.1, 0.15) is 0 Å². The number of hydrogen-bond donors (Lipinski definition) is 2. The quantitative estimate of drug-likeness (QED) is 0.289. The maximum Gasteiger partial charge on any atom is 0.416 e. The number of hydrogen-bond acceptors (Lipinski definition) is 4. The van der Waals surface area contributed by atoms with Crippen molar-refractivity contribution in [3.63, 3.8) is 0 Å². The molecule has 0 atom stereocenters. The molecule has 35 heavy (non-hydrogen) atoms. The van der Waals surface area contributed by atoms with Crippen LogP contribution in [0.5, 0.6) is 0 Å². The van der Waals surface area contributed by atoms with Gasteiger partial charge < -0.3 is 4.57 Å². The fourth-order valence-electron chi connectivity index (χ4n) is 3.44. The summed E-state index contributed by atoms with van der Waals surface area (Å²) in [5.41, 5.74) is 6.40. The van der Waals surface area contributed by atoms with Crippen molar-refractivity contribution >= 4 is 34.6 Å². The lowest BCUT2D eigenvalue weighted by Gasteiger charge is -2.10. The molecule has 0 saturated carbocycles. The van der Waals surface area contributed by atoms with Crippen molar-refractivity contribution in [3.05, 3.63) is 95.6 Å². The summed E-state index contributed by atoms with van der Waals surface area (Å²) in [6, 6.07) is 21.9. The highest BCUT2D eigenvalue weighted by Crippen LogP contribution is 2.33. The lowest BCUT2D eigenvalue weighted by atomic mass is 10.1. The van der Waals surface area contributed by atoms with E-state index in [1.165, 1.54) is 6.07 Å². The summed E-state index contributed by atoms with van der Waals surface area (Å²) in [5, 5.41) is 0.397. The smallest absolute Gasteiger partial charge is 0.314 e. The monoisotopic (exact) mass is 498 g/mol. The van der Waals surface area contributed by atoms with Crippen molar-refractivity contribution in [2.45, 2.75) is 24.3 Å². The summed E-state index contributed by atoms with van der Waals surface area (Å²) in [4.78, 5) is 28.7. The highest BCUT2D eigenvalue weighted by molar-refractivity contribution is 7.99. The number of nitrogens with one attached hydrogen (secondary N) is 2. The van der Waals surface area contributed by atoms with Gasteiger partial charge in [-0.1, -0.05) is 72.4 Å². The predicted molar refractivity (Wildman–Crippen MR) is 127 cm³/mol. The van der Waals surface area contributed by atoms with Gasteiger partial charge in [0, 0.05) is 0 Å². The zero-order chi connectivity index (χ0) is 24.8. The summed E-state index contributed by atoms with van der Waals surface area (Å²) < 4.78 is 41.3. The second-order valence-corrected chi connectivity index (χ2v) is 8.66. The average molecular weight is 499 g/mol. The van der Waals surface area contributed by atoms with Crippen LogP contribution in [0.4, 0.5) is 13.2 Å². The minimum absolute atomic E-state index is 0.0874. The van der Waals surface area contributed by atoms with Crippen LogP contribution < -0.4 is 10.9 Å². The minimum atomic E-state index is -4.48. The molecule has 0 spiro atoms. The number of hydrazine groups is 1. The summed E-state index contributed by atoms with van der Waals surface area (Å²) in [6.07, 6.45) is -4.37. The molecule has 10 heteroatoms. The number of rotatable bonds is 7. The van der Waals surface area contributed by atoms with Crippen molar-refractivity contribution < 1.29 is 22.8 Å². The van der Waals surface area contributed by atoms with Crippen LogP contribution in [0.25, 0.3) is 11.0 Å². The minimum Gasteiger partial charge on any atom is -0.314 e. The van der Waals surface area contributed by atoms with Gasteiger partial charge in [0.15, 0.2) is 5.16 Å². The first-order valence-electron chi connectivity index (χ1n) is 10.7. The molecule has 2 amide bonds. The fourth-order valence-corrected chi connectivity index (χ4v) is 4.26. The summed E-state index contributed by atoms with van der Waals surface area (Å²) in [7, 11) is 0. The van der Waals surface area contributed by atoms with Gasteiger partial charge in [-0.05, 0) is 29.3 Å². The molecular formula is C25H21F3N4O2S. The lowest BCUT2D eigenvalue weighted by Crippen LogP contribution is -2.43. The third-order valence-corrected chi connectivity index (χ3v) is 6.08. The Kier molecular flexibility index (Phi) is 7.40. The van der Waals surface area contributed by atoms with Crippen molar-refractivity contribution in [2.24, 2.45) is 0 Å². The van der Waals surface area contributed by atoms with Crippen molar-refractivity contribution in [1.82, 2.24) is 20.4 Å². The molecule has 6 nitrogen and oxygen atoms in total. The van der Waals surface area contributed by atoms with E-state index in [9.17, 15) is 22.8 Å². The Balaban J connectivity index is 1.46. The van der Waals surface area contributed by atoms with Crippen LogP contribution in [-0.4, -0.2) is 27.1 Å². The molecule has 4 aromatic rings. The molecule has 1 heterocycles. The second kappa shape index (κ2) is 10.6. The van der Waals surface area contributed by atoms with E-state index in [2.05, 4.69) is 15.8 Å². The number of nitrogens with zero attached hydrogens (tertiary/aromatic N) is 2. The maximum absolute atomic E-state index is 13.2. The molecule has 1 aromatic heterocycles. The number of alkyl halides is 3. The number of carbonyl (C=O) groups is 2. The topological polar surface area (TPSA) is 76.0 Å². The van der Waals surface area contributed by atoms with Gasteiger partial charge in [-0.3, -0.25) is 20.4 Å². The highest BCUT2D eigenvalue weighted by Gasteiger charge is 2.31. The third kappa shape index (κ3) is 6.42. The number of benzene rings is 3. The number of halogens is 3. The van der Waals surface area contributed by atoms with Crippen molar-refractivity contribution in [2.75, 3.05) is 5.75 Å². The largest absolute Gasteiger partial charge is 0.416 e. The van der Waals surface area contributed by atoms with Crippen LogP contribution in [0.2, 0.25) is 0 Å². The van der Waals surface area contributed by atoms with E-state index in [4.69, 9.17) is 0 Å². The van der Waals surface area contributed by atoms with Crippen LogP contribution >= 0.6 is 11.8 Å². The van der Waals surface area contributed by atoms with E-state index in [-0.39, 0.29) is 23.6 Å². The number of imidazole rings is 1. The number of carbonyl (C=O) groups excluding carboxylic acids is 2. The van der Waals surface area contributed by atoms with Gasteiger partial charge in [0.05, 0.1) is 35.3 Å². The van der Waals surface area contributed by atoms with E-state index in [1.807, 2.05) is 48.5 Å². The van der Waals surface area contributed by atoms with E-state index in [0.29, 0.717) is 17.2 Å². The van der Waals surface area contributed by atoms with E-state index < -0.39 is 17.6 Å². The molecule has 180 valence electrons. The molecule has 0 aliphatic carbocycles. The molecule has 0 unspecified atom stereocenters. The third-order valence-electron chi connectivity index (χ3n) is 5.11. The lowest BCUT2D eigenvalue weighted by molar-refractivity contribution is -0.137. The molecule has 2 N–H and O–H groups in total. The standard InChI is InChI=1S/C25H21F3N4O2S/c26-25(27,28)19-11-12-21-20(14-19)29-24(32(21)15-18-9-5-2-6-10-18)35-16-23(34)31-30-22(33)13-17-7-3-1-4-8-17/h1-12,14H,13,15-16H2,(H,30,33)(H,31,34). The fraction of sp³-hybridized carbons (Fsp3) is 0.160. The Morgan fingerprint density at radius 3 is 2.14 bits per heavy atom. The Morgan fingerprint density at radius 1 is 0.857 bits per heavy atom. The molecule has 0 radical (unpaired) electrons. The number of fused-ring (bicyclic) bond motifs is 1. The van der Waals surface area contributed by atoms with Gasteiger partial charge in [-0.2, -0.15) is 13.2 Å². The van der Waals surface area contributed by atoms with Gasteiger partial charge >= 0.3 is 6.18 Å². The number of thioether (sulfide) groups is 1. The average Bonchev–Trinajstić information content (AvgIpc) is 3.18. The first-order chi connectivity index (χ1) is 16.8. The first kappa shape index (κ1) is 24.3. The van der Waals surface area contributed by atoms with E-state index in [0.717, 1.165) is 35.0 Å². The molecule has 0 aliphatic heterocycles. The SMILES string of the molecule is O=C(CSc1nc2cc(C(F)(F)F)ccc2n1Cc1ccccc1)NNC(=O)Cc1ccccc1. The normalized spacial score (nSPS) is 11.4. The molecule has 4 rings (SSSR count). The van der Waals surface area contributed by atoms with Crippen LogP contribution in [0.1, 0.15) is 16.7 Å². The second-order valence-electron chi connectivity index (χ2n) is 7.71. The van der Waals surface area contributed by atoms with Gasteiger partial charge in [-0.25, -0.2) is 4.98 Å². The number of aromatic nitrogens is 2. The van der Waals surface area contributed by atoms with Crippen LogP contribution in [0.3, 0.4) is 0 Å². The van der Waals surface area contributed by atoms with E-state index in [1.54, 1.807) is 16.7 Å². The van der Waals surface area contributed by atoms with Gasteiger partial charge in [0.2, 0.25) is 11.8 Å². The zero-order valence-electron chi connectivity index (χ0n) is 18.4. The molecule has 0 fully saturated rings. The first-order valence-corrected chi connectivity index (χ1v) is 11.6. The number of amides is 2. The summed E-state index contributed by atoms with van der Waals surface area (Å²) in [5.74, 6) is -0.924. The van der Waals surface area contributed by atoms with E-state index >= 15 is 0 Å². The Morgan fingerprint density at radius 2 is 1.49 bits per heavy atom. The Hall–Kier alpha value is -3.79. The molecule has 0 saturated heterocycles. The zero-order valence-corrected chi connectivity index (χ0v) is 19.2. The Labute approximate surface area is 203 Å². The summed E-state index contributed by atoms with van der Waals surface area (Å²) in [6.45, 7) is 0.375. The molecule has 0 bridgehead atoms. The van der Waals surface area contributed by atoms with Crippen LogP contribution in [0.15, 0.2) is 84.0 Å². The molecular weight excluding hydrogens is 477 g/mol. The maximum atomic E-state index is 13.2. The predicted octanol–water partition coefficient (Wildman–Crippen LogP) is 4.59. The van der Waals surface area contributed by atoms with Crippen molar-refractivity contribution in [1.29, 1.82) is 0 Å². The molecule has 3 aromatic carbocycles. The van der Waals surface area contributed by atoms with Crippen molar-refractivity contribution in [3.8, 4) is 0 Å². The van der Waals surface area contributed by atoms with Crippen LogP contribution in [0, 0.1) is 0 Å². The van der Waals surface area contributed by atoms with Gasteiger partial charge in [0.25, 0.3) is 0 Å². The van der Waals surface area contributed by atoms with Gasteiger partial charge in [-0.15, -0.1) is 0 Å². The Bertz CT molecular complexity index is 1330. The molecule has 0 aliphatic rings.